The summed E-state index contributed by atoms with van der Waals surface area (Å²) in [5.74, 6) is 0. The number of nitriles is 1. The number of benzene rings is 1. The SMILES string of the molecule is N#CC1(CN2CCN(c3ccccc3)CC2)CCC1. The van der Waals surface area contributed by atoms with Crippen LogP contribution in [0.3, 0.4) is 0 Å². The van der Waals surface area contributed by atoms with Crippen LogP contribution in [0.15, 0.2) is 30.3 Å². The van der Waals surface area contributed by atoms with Crippen molar-refractivity contribution in [3.8, 4) is 6.07 Å². The van der Waals surface area contributed by atoms with E-state index in [0.717, 1.165) is 45.6 Å². The molecule has 19 heavy (non-hydrogen) atoms. The van der Waals surface area contributed by atoms with Crippen LogP contribution in [-0.2, 0) is 0 Å². The third-order valence-corrected chi connectivity index (χ3v) is 4.57. The molecule has 2 aliphatic rings. The molecule has 0 unspecified atom stereocenters. The molecule has 1 saturated carbocycles. The third-order valence-electron chi connectivity index (χ3n) is 4.57. The van der Waals surface area contributed by atoms with Crippen LogP contribution in [0, 0.1) is 16.7 Å². The highest BCUT2D eigenvalue weighted by Gasteiger charge is 2.39. The van der Waals surface area contributed by atoms with Crippen molar-refractivity contribution in [2.75, 3.05) is 37.6 Å². The van der Waals surface area contributed by atoms with Crippen molar-refractivity contribution in [1.82, 2.24) is 4.90 Å². The highest BCUT2D eigenvalue weighted by molar-refractivity contribution is 5.46. The molecule has 0 spiro atoms. The zero-order valence-electron chi connectivity index (χ0n) is 11.4. The molecule has 3 nitrogen and oxygen atoms in total. The van der Waals surface area contributed by atoms with Gasteiger partial charge in [-0.2, -0.15) is 5.26 Å². The standard InChI is InChI=1S/C16H21N3/c17-13-16(7-4-8-16)14-18-9-11-19(12-10-18)15-5-2-1-3-6-15/h1-3,5-6H,4,7-12,14H2. The molecule has 1 aliphatic carbocycles. The fraction of sp³-hybridized carbons (Fsp3) is 0.562. The molecule has 3 rings (SSSR count). The molecule has 0 N–H and O–H groups in total. The van der Waals surface area contributed by atoms with E-state index in [0.29, 0.717) is 0 Å². The van der Waals surface area contributed by atoms with E-state index in [-0.39, 0.29) is 5.41 Å². The Labute approximate surface area is 115 Å². The lowest BCUT2D eigenvalue weighted by atomic mass is 9.69. The summed E-state index contributed by atoms with van der Waals surface area (Å²) in [5.41, 5.74) is 1.30. The van der Waals surface area contributed by atoms with E-state index in [4.69, 9.17) is 0 Å². The van der Waals surface area contributed by atoms with Crippen LogP contribution in [0.2, 0.25) is 0 Å². The van der Waals surface area contributed by atoms with Crippen LogP contribution in [0.5, 0.6) is 0 Å². The average molecular weight is 255 g/mol. The molecule has 1 aromatic carbocycles. The van der Waals surface area contributed by atoms with Crippen LogP contribution in [0.4, 0.5) is 5.69 Å². The predicted octanol–water partition coefficient (Wildman–Crippen LogP) is 2.50. The highest BCUT2D eigenvalue weighted by Crippen LogP contribution is 2.41. The molecule has 0 radical (unpaired) electrons. The Balaban J connectivity index is 1.54. The maximum Gasteiger partial charge on any atom is 0.0703 e. The number of anilines is 1. The summed E-state index contributed by atoms with van der Waals surface area (Å²) in [6, 6.07) is 13.2. The van der Waals surface area contributed by atoms with Gasteiger partial charge in [0, 0.05) is 38.4 Å². The molecule has 0 bridgehead atoms. The van der Waals surface area contributed by atoms with Gasteiger partial charge in [0.25, 0.3) is 0 Å². The Hall–Kier alpha value is -1.53. The lowest BCUT2D eigenvalue weighted by Crippen LogP contribution is -2.51. The van der Waals surface area contributed by atoms with E-state index in [2.05, 4.69) is 46.2 Å². The Morgan fingerprint density at radius 2 is 1.74 bits per heavy atom. The fourth-order valence-corrected chi connectivity index (χ4v) is 3.14. The summed E-state index contributed by atoms with van der Waals surface area (Å²) >= 11 is 0. The number of piperazine rings is 1. The smallest absolute Gasteiger partial charge is 0.0703 e. The molecule has 0 atom stereocenters. The number of nitrogens with zero attached hydrogens (tertiary/aromatic N) is 3. The van der Waals surface area contributed by atoms with Gasteiger partial charge >= 0.3 is 0 Å². The van der Waals surface area contributed by atoms with Crippen molar-refractivity contribution >= 4 is 5.69 Å². The first-order valence-electron chi connectivity index (χ1n) is 7.25. The average Bonchev–Trinajstić information content (AvgIpc) is 2.45. The summed E-state index contributed by atoms with van der Waals surface area (Å²) in [6.45, 7) is 5.29. The lowest BCUT2D eigenvalue weighted by molar-refractivity contribution is 0.116. The fourth-order valence-electron chi connectivity index (χ4n) is 3.14. The number of para-hydroxylation sites is 1. The minimum atomic E-state index is -0.0189. The van der Waals surface area contributed by atoms with Gasteiger partial charge in [0.2, 0.25) is 0 Å². The second kappa shape index (κ2) is 5.22. The van der Waals surface area contributed by atoms with E-state index in [1.807, 2.05) is 0 Å². The number of hydrogen-bond donors (Lipinski definition) is 0. The zero-order valence-corrected chi connectivity index (χ0v) is 11.4. The molecular formula is C16H21N3. The second-order valence-corrected chi connectivity index (χ2v) is 5.84. The van der Waals surface area contributed by atoms with E-state index in [9.17, 15) is 5.26 Å². The number of hydrogen-bond acceptors (Lipinski definition) is 3. The van der Waals surface area contributed by atoms with E-state index in [1.165, 1.54) is 12.1 Å². The van der Waals surface area contributed by atoms with Crippen molar-refractivity contribution < 1.29 is 0 Å². The monoisotopic (exact) mass is 255 g/mol. The predicted molar refractivity (Wildman–Crippen MR) is 77.0 cm³/mol. The first-order valence-corrected chi connectivity index (χ1v) is 7.25. The Kier molecular flexibility index (Phi) is 3.44. The van der Waals surface area contributed by atoms with Gasteiger partial charge in [0.15, 0.2) is 0 Å². The molecule has 2 fully saturated rings. The van der Waals surface area contributed by atoms with Gasteiger partial charge in [-0.15, -0.1) is 0 Å². The maximum absolute atomic E-state index is 9.31. The van der Waals surface area contributed by atoms with Crippen LogP contribution in [0.1, 0.15) is 19.3 Å². The maximum atomic E-state index is 9.31. The summed E-state index contributed by atoms with van der Waals surface area (Å²) in [6.07, 6.45) is 3.43. The second-order valence-electron chi connectivity index (χ2n) is 5.84. The Bertz CT molecular complexity index is 451. The molecule has 1 aromatic rings. The summed E-state index contributed by atoms with van der Waals surface area (Å²) < 4.78 is 0. The summed E-state index contributed by atoms with van der Waals surface area (Å²) in [4.78, 5) is 4.91. The first kappa shape index (κ1) is 12.5. The molecule has 1 saturated heterocycles. The van der Waals surface area contributed by atoms with Gasteiger partial charge in [0.1, 0.15) is 0 Å². The molecule has 1 heterocycles. The van der Waals surface area contributed by atoms with Gasteiger partial charge in [-0.25, -0.2) is 0 Å². The van der Waals surface area contributed by atoms with Crippen LogP contribution < -0.4 is 4.90 Å². The number of rotatable bonds is 3. The van der Waals surface area contributed by atoms with Crippen LogP contribution >= 0.6 is 0 Å². The van der Waals surface area contributed by atoms with Crippen molar-refractivity contribution in [2.24, 2.45) is 5.41 Å². The molecule has 100 valence electrons. The molecular weight excluding hydrogens is 234 g/mol. The summed E-state index contributed by atoms with van der Waals surface area (Å²) in [7, 11) is 0. The topological polar surface area (TPSA) is 30.3 Å². The van der Waals surface area contributed by atoms with Crippen molar-refractivity contribution in [2.45, 2.75) is 19.3 Å². The van der Waals surface area contributed by atoms with Gasteiger partial charge in [-0.1, -0.05) is 24.6 Å². The largest absolute Gasteiger partial charge is 0.369 e. The molecule has 0 aromatic heterocycles. The van der Waals surface area contributed by atoms with E-state index < -0.39 is 0 Å². The zero-order chi connectivity index (χ0) is 13.1. The third kappa shape index (κ3) is 2.59. The van der Waals surface area contributed by atoms with Crippen molar-refractivity contribution in [1.29, 1.82) is 5.26 Å². The van der Waals surface area contributed by atoms with Crippen LogP contribution in [-0.4, -0.2) is 37.6 Å². The van der Waals surface area contributed by atoms with Gasteiger partial charge < -0.3 is 4.90 Å². The Morgan fingerprint density at radius 3 is 2.26 bits per heavy atom. The highest BCUT2D eigenvalue weighted by atomic mass is 15.3. The van der Waals surface area contributed by atoms with Crippen LogP contribution in [0.25, 0.3) is 0 Å². The van der Waals surface area contributed by atoms with Gasteiger partial charge in [-0.3, -0.25) is 4.90 Å². The minimum absolute atomic E-state index is 0.0189. The van der Waals surface area contributed by atoms with Gasteiger partial charge in [0.05, 0.1) is 11.5 Å². The molecule has 0 amide bonds. The van der Waals surface area contributed by atoms with Crippen molar-refractivity contribution in [3.05, 3.63) is 30.3 Å². The summed E-state index contributed by atoms with van der Waals surface area (Å²) in [5, 5.41) is 9.31. The van der Waals surface area contributed by atoms with Crippen molar-refractivity contribution in [3.63, 3.8) is 0 Å². The first-order chi connectivity index (χ1) is 9.31. The molecule has 1 aliphatic heterocycles. The quantitative estimate of drug-likeness (QED) is 0.831. The van der Waals surface area contributed by atoms with Gasteiger partial charge in [-0.05, 0) is 25.0 Å². The lowest BCUT2D eigenvalue weighted by Gasteiger charge is -2.43. The molecule has 3 heteroatoms. The van der Waals surface area contributed by atoms with E-state index >= 15 is 0 Å². The van der Waals surface area contributed by atoms with E-state index in [1.54, 1.807) is 0 Å². The minimum Gasteiger partial charge on any atom is -0.369 e. The Morgan fingerprint density at radius 1 is 1.05 bits per heavy atom. The normalized spacial score (nSPS) is 22.6.